The molecule has 5 rings (SSSR count). The number of hydrogen-bond acceptors (Lipinski definition) is 4. The van der Waals surface area contributed by atoms with Gasteiger partial charge in [-0.25, -0.2) is 0 Å². The first-order valence-electron chi connectivity index (χ1n) is 8.50. The van der Waals surface area contributed by atoms with E-state index in [0.29, 0.717) is 3.95 Å². The molecule has 0 aliphatic carbocycles. The Labute approximate surface area is 165 Å². The molecule has 4 aromatic rings. The Morgan fingerprint density at radius 2 is 1.74 bits per heavy atom. The summed E-state index contributed by atoms with van der Waals surface area (Å²) in [6.45, 7) is 0. The van der Waals surface area contributed by atoms with Crippen molar-refractivity contribution in [3.05, 3.63) is 81.1 Å². The fourth-order valence-electron chi connectivity index (χ4n) is 3.39. The molecule has 1 aromatic heterocycles. The summed E-state index contributed by atoms with van der Waals surface area (Å²) in [5.74, 6) is 0.159. The Balaban J connectivity index is 1.68. The number of thiazole rings is 1. The maximum absolute atomic E-state index is 10.9. The van der Waals surface area contributed by atoms with Crippen LogP contribution in [0, 0.1) is 3.95 Å². The van der Waals surface area contributed by atoms with Gasteiger partial charge in [-0.05, 0) is 35.8 Å². The van der Waals surface area contributed by atoms with Gasteiger partial charge in [0, 0.05) is 22.7 Å². The number of benzene rings is 3. The van der Waals surface area contributed by atoms with Crippen LogP contribution in [0.5, 0.6) is 5.88 Å². The average Bonchev–Trinajstić information content (AvgIpc) is 3.22. The van der Waals surface area contributed by atoms with Gasteiger partial charge in [-0.1, -0.05) is 54.6 Å². The minimum Gasteiger partial charge on any atom is -0.493 e. The van der Waals surface area contributed by atoms with Crippen molar-refractivity contribution in [3.63, 3.8) is 0 Å². The van der Waals surface area contributed by atoms with Crippen molar-refractivity contribution in [2.75, 3.05) is 0 Å². The monoisotopic (exact) mass is 386 g/mol. The van der Waals surface area contributed by atoms with Crippen LogP contribution in [0.1, 0.15) is 10.4 Å². The highest BCUT2D eigenvalue weighted by Gasteiger charge is 2.17. The molecule has 27 heavy (non-hydrogen) atoms. The van der Waals surface area contributed by atoms with Crippen molar-refractivity contribution >= 4 is 57.9 Å². The quantitative estimate of drug-likeness (QED) is 0.406. The predicted molar refractivity (Wildman–Crippen MR) is 116 cm³/mol. The molecule has 3 aromatic carbocycles. The number of hydrogen-bond donors (Lipinski definition) is 1. The minimum atomic E-state index is 0.159. The van der Waals surface area contributed by atoms with Crippen molar-refractivity contribution in [2.24, 2.45) is 4.99 Å². The topological polar surface area (TPSA) is 37.5 Å². The third-order valence-corrected chi connectivity index (χ3v) is 5.97. The lowest BCUT2D eigenvalue weighted by Gasteiger charge is -2.09. The van der Waals surface area contributed by atoms with Crippen LogP contribution in [-0.4, -0.2) is 15.9 Å². The third kappa shape index (κ3) is 2.63. The maximum Gasteiger partial charge on any atom is 0.215 e. The van der Waals surface area contributed by atoms with Gasteiger partial charge in [0.05, 0.1) is 16.3 Å². The molecule has 3 nitrogen and oxygen atoms in total. The minimum absolute atomic E-state index is 0.159. The second-order valence-electron chi connectivity index (χ2n) is 6.26. The maximum atomic E-state index is 10.9. The first-order chi connectivity index (χ1) is 13.2. The molecular weight excluding hydrogens is 372 g/mol. The van der Waals surface area contributed by atoms with E-state index < -0.39 is 0 Å². The summed E-state index contributed by atoms with van der Waals surface area (Å²) in [4.78, 5) is 5.16. The second-order valence-corrected chi connectivity index (χ2v) is 7.94. The molecule has 0 saturated heterocycles. The normalized spacial score (nSPS) is 14.1. The van der Waals surface area contributed by atoms with E-state index in [2.05, 4.69) is 17.1 Å². The van der Waals surface area contributed by atoms with Crippen LogP contribution < -0.4 is 0 Å². The third-order valence-electron chi connectivity index (χ3n) is 4.66. The molecular formula is C22H14N2OS2. The largest absolute Gasteiger partial charge is 0.493 e. The number of para-hydroxylation sites is 1. The fraction of sp³-hybridized carbons (Fsp3) is 0. The molecule has 130 valence electrons. The Bertz CT molecular complexity index is 1310. The molecule has 0 atom stereocenters. The lowest BCUT2D eigenvalue weighted by Crippen LogP contribution is -1.94. The smallest absolute Gasteiger partial charge is 0.215 e. The van der Waals surface area contributed by atoms with Gasteiger partial charge in [0.1, 0.15) is 0 Å². The van der Waals surface area contributed by atoms with Crippen molar-refractivity contribution < 1.29 is 5.11 Å². The summed E-state index contributed by atoms with van der Waals surface area (Å²) in [6, 6.07) is 22.1. The molecule has 0 spiro atoms. The van der Waals surface area contributed by atoms with Crippen LogP contribution in [-0.2, 0) is 0 Å². The Morgan fingerprint density at radius 3 is 2.67 bits per heavy atom. The number of aromatic nitrogens is 1. The molecule has 0 radical (unpaired) electrons. The van der Waals surface area contributed by atoms with Crippen molar-refractivity contribution in [1.82, 2.24) is 4.57 Å². The number of rotatable bonds is 2. The molecule has 5 heteroatoms. The highest BCUT2D eigenvalue weighted by Crippen LogP contribution is 2.37. The zero-order valence-corrected chi connectivity index (χ0v) is 15.8. The lowest BCUT2D eigenvalue weighted by atomic mass is 10.1. The molecule has 2 heterocycles. The van der Waals surface area contributed by atoms with E-state index in [4.69, 9.17) is 12.2 Å². The number of allylic oxidation sites excluding steroid dienone is 1. The highest BCUT2D eigenvalue weighted by atomic mass is 32.1. The Hall–Kier alpha value is -3.02. The average molecular weight is 387 g/mol. The number of aliphatic imine (C=N–C) groups is 1. The molecule has 1 N–H and O–H groups in total. The fourth-order valence-corrected chi connectivity index (χ4v) is 4.67. The summed E-state index contributed by atoms with van der Waals surface area (Å²) in [6.07, 6.45) is 3.78. The molecule has 0 bridgehead atoms. The molecule has 1 aliphatic heterocycles. The SMILES string of the molecule is Oc1c(/C=C2\C=Nc3ccccc32)sc(=S)n1-c1cccc2ccccc12. The Morgan fingerprint density at radius 1 is 0.963 bits per heavy atom. The zero-order chi connectivity index (χ0) is 18.4. The molecule has 0 amide bonds. The van der Waals surface area contributed by atoms with Gasteiger partial charge in [-0.2, -0.15) is 0 Å². The number of fused-ring (bicyclic) bond motifs is 2. The van der Waals surface area contributed by atoms with Crippen molar-refractivity contribution in [3.8, 4) is 11.6 Å². The second kappa shape index (κ2) is 6.30. The number of aromatic hydroxyl groups is 1. The Kier molecular flexibility index (Phi) is 3.77. The standard InChI is InChI=1S/C22H14N2OS2/c25-21-20(12-15-13-23-18-10-4-3-8-16(15)18)27-22(26)24(21)19-11-5-7-14-6-1-2-9-17(14)19/h1-13,25H/b15-12+. The van der Waals surface area contributed by atoms with E-state index in [-0.39, 0.29) is 5.88 Å². The van der Waals surface area contributed by atoms with E-state index in [0.717, 1.165) is 38.2 Å². The van der Waals surface area contributed by atoms with E-state index in [1.807, 2.05) is 66.9 Å². The molecule has 0 saturated carbocycles. The van der Waals surface area contributed by atoms with Crippen molar-refractivity contribution in [2.45, 2.75) is 0 Å². The van der Waals surface area contributed by atoms with Gasteiger partial charge >= 0.3 is 0 Å². The van der Waals surface area contributed by atoms with Gasteiger partial charge in [-0.3, -0.25) is 9.56 Å². The summed E-state index contributed by atoms with van der Waals surface area (Å²) in [5.41, 5.74) is 3.87. The first kappa shape index (κ1) is 16.2. The highest BCUT2D eigenvalue weighted by molar-refractivity contribution is 7.73. The van der Waals surface area contributed by atoms with E-state index in [1.165, 1.54) is 11.3 Å². The molecule has 1 aliphatic rings. The predicted octanol–water partition coefficient (Wildman–Crippen LogP) is 6.38. The summed E-state index contributed by atoms with van der Waals surface area (Å²) in [5, 5.41) is 13.1. The molecule has 0 fully saturated rings. The van der Waals surface area contributed by atoms with Gasteiger partial charge in [-0.15, -0.1) is 11.3 Å². The zero-order valence-electron chi connectivity index (χ0n) is 14.2. The van der Waals surface area contributed by atoms with Crippen LogP contribution in [0.15, 0.2) is 71.7 Å². The van der Waals surface area contributed by atoms with Crippen LogP contribution >= 0.6 is 23.6 Å². The first-order valence-corrected chi connectivity index (χ1v) is 9.73. The summed E-state index contributed by atoms with van der Waals surface area (Å²) < 4.78 is 2.35. The molecule has 0 unspecified atom stereocenters. The van der Waals surface area contributed by atoms with E-state index in [1.54, 1.807) is 4.57 Å². The van der Waals surface area contributed by atoms with Gasteiger partial charge in [0.2, 0.25) is 5.88 Å². The summed E-state index contributed by atoms with van der Waals surface area (Å²) in [7, 11) is 0. The van der Waals surface area contributed by atoms with Crippen LogP contribution in [0.25, 0.3) is 28.1 Å². The van der Waals surface area contributed by atoms with Crippen LogP contribution in [0.4, 0.5) is 5.69 Å². The number of nitrogens with zero attached hydrogens (tertiary/aromatic N) is 2. The van der Waals surface area contributed by atoms with E-state index in [9.17, 15) is 5.11 Å². The van der Waals surface area contributed by atoms with Gasteiger partial charge < -0.3 is 5.11 Å². The van der Waals surface area contributed by atoms with E-state index >= 15 is 0 Å². The van der Waals surface area contributed by atoms with Gasteiger partial charge in [0.25, 0.3) is 0 Å². The van der Waals surface area contributed by atoms with Crippen LogP contribution in [0.2, 0.25) is 0 Å². The summed E-state index contributed by atoms with van der Waals surface area (Å²) >= 11 is 6.98. The van der Waals surface area contributed by atoms with Crippen LogP contribution in [0.3, 0.4) is 0 Å². The lowest BCUT2D eigenvalue weighted by molar-refractivity contribution is 0.441. The van der Waals surface area contributed by atoms with Gasteiger partial charge in [0.15, 0.2) is 3.95 Å². The van der Waals surface area contributed by atoms with Crippen molar-refractivity contribution in [1.29, 1.82) is 0 Å².